The van der Waals surface area contributed by atoms with Gasteiger partial charge in [-0.1, -0.05) is 44.7 Å². The van der Waals surface area contributed by atoms with Gasteiger partial charge in [-0.3, -0.25) is 14.2 Å². The van der Waals surface area contributed by atoms with E-state index in [2.05, 4.69) is 25.8 Å². The Morgan fingerprint density at radius 2 is 2.12 bits per heavy atom. The molecule has 1 aliphatic heterocycles. The summed E-state index contributed by atoms with van der Waals surface area (Å²) in [5, 5.41) is 1.27. The molecule has 6 heteroatoms. The minimum atomic E-state index is -0.0224. The quantitative estimate of drug-likeness (QED) is 0.595. The van der Waals surface area contributed by atoms with Gasteiger partial charge in [0.2, 0.25) is 5.91 Å². The molecule has 0 spiro atoms. The van der Waals surface area contributed by atoms with Crippen LogP contribution in [-0.4, -0.2) is 39.2 Å². The third-order valence-corrected chi connectivity index (χ3v) is 5.67. The molecule has 0 aliphatic carbocycles. The van der Waals surface area contributed by atoms with E-state index in [0.717, 1.165) is 19.5 Å². The van der Waals surface area contributed by atoms with Crippen LogP contribution in [0.15, 0.2) is 34.2 Å². The second kappa shape index (κ2) is 8.25. The van der Waals surface area contributed by atoms with Crippen molar-refractivity contribution in [2.75, 3.05) is 18.8 Å². The van der Waals surface area contributed by atoms with Crippen molar-refractivity contribution in [2.24, 2.45) is 11.8 Å². The van der Waals surface area contributed by atoms with Gasteiger partial charge in [0.1, 0.15) is 0 Å². The first-order valence-corrected chi connectivity index (χ1v) is 10.3. The lowest BCUT2D eigenvalue weighted by molar-refractivity contribution is -0.130. The highest BCUT2D eigenvalue weighted by Crippen LogP contribution is 2.21. The molecule has 0 N–H and O–H groups in total. The van der Waals surface area contributed by atoms with Crippen LogP contribution in [0.4, 0.5) is 0 Å². The van der Waals surface area contributed by atoms with E-state index in [-0.39, 0.29) is 11.5 Å². The van der Waals surface area contributed by atoms with Gasteiger partial charge in [-0.15, -0.1) is 0 Å². The highest BCUT2D eigenvalue weighted by atomic mass is 32.2. The normalized spacial score (nSPS) is 17.8. The molecule has 1 amide bonds. The predicted octanol–water partition coefficient (Wildman–Crippen LogP) is 3.40. The predicted molar refractivity (Wildman–Crippen MR) is 107 cm³/mol. The Bertz CT molecular complexity index is 847. The van der Waals surface area contributed by atoms with E-state index >= 15 is 0 Å². The standard InChI is InChI=1S/C20H27N3O2S/c1-14(2)11-23-19(25)16-8-4-5-9-17(16)21-20(23)26-13-18(24)22-10-6-7-15(3)12-22/h4-5,8-9,14-15H,6-7,10-13H2,1-3H3/t15-/m0/s1. The van der Waals surface area contributed by atoms with Crippen LogP contribution in [0.1, 0.15) is 33.6 Å². The van der Waals surface area contributed by atoms with Gasteiger partial charge in [0.15, 0.2) is 5.16 Å². The first-order valence-electron chi connectivity index (χ1n) is 9.36. The van der Waals surface area contributed by atoms with Crippen molar-refractivity contribution in [1.82, 2.24) is 14.5 Å². The van der Waals surface area contributed by atoms with E-state index in [9.17, 15) is 9.59 Å². The second-order valence-electron chi connectivity index (χ2n) is 7.60. The van der Waals surface area contributed by atoms with Crippen molar-refractivity contribution >= 4 is 28.6 Å². The van der Waals surface area contributed by atoms with E-state index in [1.54, 1.807) is 4.57 Å². The van der Waals surface area contributed by atoms with E-state index in [1.807, 2.05) is 29.2 Å². The Kier molecular flexibility index (Phi) is 6.01. The lowest BCUT2D eigenvalue weighted by Gasteiger charge is -2.30. The summed E-state index contributed by atoms with van der Waals surface area (Å²) in [4.78, 5) is 32.1. The van der Waals surface area contributed by atoms with E-state index in [1.165, 1.54) is 18.2 Å². The summed E-state index contributed by atoms with van der Waals surface area (Å²) >= 11 is 1.38. The topological polar surface area (TPSA) is 55.2 Å². The number of hydrogen-bond acceptors (Lipinski definition) is 4. The Balaban J connectivity index is 1.84. The summed E-state index contributed by atoms with van der Waals surface area (Å²) in [6.07, 6.45) is 2.26. The van der Waals surface area contributed by atoms with Crippen molar-refractivity contribution in [1.29, 1.82) is 0 Å². The molecule has 0 saturated carbocycles. The number of carbonyl (C=O) groups excluding carboxylic acids is 1. The Morgan fingerprint density at radius 3 is 2.85 bits per heavy atom. The number of amides is 1. The maximum absolute atomic E-state index is 12.9. The van der Waals surface area contributed by atoms with Gasteiger partial charge in [0.05, 0.1) is 16.7 Å². The van der Waals surface area contributed by atoms with Gasteiger partial charge in [0, 0.05) is 19.6 Å². The Hall–Kier alpha value is -1.82. The van der Waals surface area contributed by atoms with Crippen LogP contribution >= 0.6 is 11.8 Å². The monoisotopic (exact) mass is 373 g/mol. The molecule has 5 nitrogen and oxygen atoms in total. The molecule has 3 rings (SSSR count). The van der Waals surface area contributed by atoms with Crippen LogP contribution in [0.25, 0.3) is 10.9 Å². The number of hydrogen-bond donors (Lipinski definition) is 0. The van der Waals surface area contributed by atoms with Crippen LogP contribution in [-0.2, 0) is 11.3 Å². The lowest BCUT2D eigenvalue weighted by Crippen LogP contribution is -2.40. The first-order chi connectivity index (χ1) is 12.5. The third-order valence-electron chi connectivity index (χ3n) is 4.71. The zero-order chi connectivity index (χ0) is 18.7. The molecule has 2 aromatic rings. The maximum atomic E-state index is 12.9. The molecule has 1 aromatic carbocycles. The number of para-hydroxylation sites is 1. The number of aromatic nitrogens is 2. The molecule has 0 unspecified atom stereocenters. The van der Waals surface area contributed by atoms with Gasteiger partial charge in [0.25, 0.3) is 5.56 Å². The van der Waals surface area contributed by atoms with Crippen molar-refractivity contribution in [3.8, 4) is 0 Å². The summed E-state index contributed by atoms with van der Waals surface area (Å²) in [6, 6.07) is 7.42. The number of benzene rings is 1. The van der Waals surface area contributed by atoms with E-state index < -0.39 is 0 Å². The molecule has 1 fully saturated rings. The molecule has 1 aromatic heterocycles. The molecule has 1 saturated heterocycles. The zero-order valence-corrected chi connectivity index (χ0v) is 16.6. The van der Waals surface area contributed by atoms with Crippen LogP contribution in [0.2, 0.25) is 0 Å². The van der Waals surface area contributed by atoms with E-state index in [4.69, 9.17) is 0 Å². The number of nitrogens with zero attached hydrogens (tertiary/aromatic N) is 3. The van der Waals surface area contributed by atoms with Crippen molar-refractivity contribution < 1.29 is 4.79 Å². The van der Waals surface area contributed by atoms with Gasteiger partial charge in [-0.25, -0.2) is 4.98 Å². The number of fused-ring (bicyclic) bond motifs is 1. The van der Waals surface area contributed by atoms with Crippen molar-refractivity contribution in [3.05, 3.63) is 34.6 Å². The van der Waals surface area contributed by atoms with Gasteiger partial charge in [-0.05, 0) is 36.8 Å². The Morgan fingerprint density at radius 1 is 1.35 bits per heavy atom. The molecule has 0 bridgehead atoms. The van der Waals surface area contributed by atoms with Gasteiger partial charge in [-0.2, -0.15) is 0 Å². The fraction of sp³-hybridized carbons (Fsp3) is 0.550. The average molecular weight is 374 g/mol. The zero-order valence-electron chi connectivity index (χ0n) is 15.8. The SMILES string of the molecule is CC(C)Cn1c(SCC(=O)N2CCC[C@H](C)C2)nc2ccccc2c1=O. The van der Waals surface area contributed by atoms with Gasteiger partial charge < -0.3 is 4.90 Å². The van der Waals surface area contributed by atoms with Crippen molar-refractivity contribution in [3.63, 3.8) is 0 Å². The molecule has 1 aliphatic rings. The minimum Gasteiger partial charge on any atom is -0.342 e. The number of piperidine rings is 1. The highest BCUT2D eigenvalue weighted by molar-refractivity contribution is 7.99. The lowest BCUT2D eigenvalue weighted by atomic mass is 10.0. The smallest absolute Gasteiger partial charge is 0.262 e. The van der Waals surface area contributed by atoms with Gasteiger partial charge >= 0.3 is 0 Å². The number of thioether (sulfide) groups is 1. The van der Waals surface area contributed by atoms with Crippen LogP contribution in [0.5, 0.6) is 0 Å². The summed E-state index contributed by atoms with van der Waals surface area (Å²) in [6.45, 7) is 8.63. The largest absolute Gasteiger partial charge is 0.342 e. The van der Waals surface area contributed by atoms with Crippen LogP contribution in [0.3, 0.4) is 0 Å². The summed E-state index contributed by atoms with van der Waals surface area (Å²) in [5.74, 6) is 1.36. The Labute approximate surface area is 158 Å². The summed E-state index contributed by atoms with van der Waals surface area (Å²) in [7, 11) is 0. The molecule has 1 atom stereocenters. The fourth-order valence-electron chi connectivity index (χ4n) is 3.42. The van der Waals surface area contributed by atoms with Crippen LogP contribution in [0, 0.1) is 11.8 Å². The molecule has 0 radical (unpaired) electrons. The maximum Gasteiger partial charge on any atom is 0.262 e. The second-order valence-corrected chi connectivity index (χ2v) is 8.54. The van der Waals surface area contributed by atoms with Crippen molar-refractivity contribution in [2.45, 2.75) is 45.3 Å². The molecule has 26 heavy (non-hydrogen) atoms. The third kappa shape index (κ3) is 4.29. The fourth-order valence-corrected chi connectivity index (χ4v) is 4.33. The minimum absolute atomic E-state index is 0.0224. The molecular formula is C20H27N3O2S. The highest BCUT2D eigenvalue weighted by Gasteiger charge is 2.22. The first kappa shape index (κ1) is 19.0. The molecule has 2 heterocycles. The van der Waals surface area contributed by atoms with E-state index in [0.29, 0.717) is 40.2 Å². The number of carbonyl (C=O) groups is 1. The molecule has 140 valence electrons. The molecular weight excluding hydrogens is 346 g/mol. The number of rotatable bonds is 5. The van der Waals surface area contributed by atoms with Crippen LogP contribution < -0.4 is 5.56 Å². The average Bonchev–Trinajstić information content (AvgIpc) is 2.62. The number of likely N-dealkylation sites (tertiary alicyclic amines) is 1. The summed E-state index contributed by atoms with van der Waals surface area (Å²) < 4.78 is 1.73. The summed E-state index contributed by atoms with van der Waals surface area (Å²) in [5.41, 5.74) is 0.671.